The van der Waals surface area contributed by atoms with Crippen LogP contribution < -0.4 is 5.14 Å². The van der Waals surface area contributed by atoms with Crippen molar-refractivity contribution in [2.24, 2.45) is 5.14 Å². The van der Waals surface area contributed by atoms with E-state index in [1.54, 1.807) is 36.4 Å². The number of rotatable bonds is 5. The first-order valence-electron chi connectivity index (χ1n) is 7.21. The highest BCUT2D eigenvalue weighted by atomic mass is 32.2. The first-order chi connectivity index (χ1) is 11.9. The summed E-state index contributed by atoms with van der Waals surface area (Å²) in [6, 6.07) is 12.9. The molecule has 2 aromatic carbocycles. The van der Waals surface area contributed by atoms with Gasteiger partial charge in [-0.15, -0.1) is 0 Å². The van der Waals surface area contributed by atoms with Crippen LogP contribution in [-0.2, 0) is 14.8 Å². The number of oxazole rings is 1. The molecule has 0 aliphatic heterocycles. The molecular weight excluding hydrogens is 344 g/mol. The second kappa shape index (κ2) is 6.50. The van der Waals surface area contributed by atoms with E-state index in [4.69, 9.17) is 9.56 Å². The van der Waals surface area contributed by atoms with Crippen LogP contribution in [0, 0.1) is 0 Å². The van der Waals surface area contributed by atoms with Crippen LogP contribution in [0.3, 0.4) is 0 Å². The Kier molecular flexibility index (Phi) is 4.39. The first kappa shape index (κ1) is 16.9. The molecule has 1 heterocycles. The van der Waals surface area contributed by atoms with E-state index in [1.165, 1.54) is 24.6 Å². The maximum atomic E-state index is 11.6. The molecule has 1 aromatic heterocycles. The predicted molar refractivity (Wildman–Crippen MR) is 89.2 cm³/mol. The lowest BCUT2D eigenvalue weighted by Gasteiger charge is -2.11. The van der Waals surface area contributed by atoms with Gasteiger partial charge in [-0.1, -0.05) is 30.3 Å². The van der Waals surface area contributed by atoms with Crippen LogP contribution >= 0.6 is 0 Å². The lowest BCUT2D eigenvalue weighted by molar-refractivity contribution is -0.138. The zero-order valence-corrected chi connectivity index (χ0v) is 13.7. The van der Waals surface area contributed by atoms with Gasteiger partial charge >= 0.3 is 5.97 Å². The highest BCUT2D eigenvalue weighted by molar-refractivity contribution is 7.89. The summed E-state index contributed by atoms with van der Waals surface area (Å²) in [5.41, 5.74) is 1.96. The van der Waals surface area contributed by atoms with Crippen LogP contribution in [0.5, 0.6) is 0 Å². The lowest BCUT2D eigenvalue weighted by atomic mass is 9.95. The van der Waals surface area contributed by atoms with Crippen molar-refractivity contribution < 1.29 is 22.7 Å². The van der Waals surface area contributed by atoms with Crippen LogP contribution in [0.4, 0.5) is 0 Å². The van der Waals surface area contributed by atoms with E-state index in [0.29, 0.717) is 5.56 Å². The first-order valence-corrected chi connectivity index (χ1v) is 8.76. The molecule has 0 radical (unpaired) electrons. The third-order valence-electron chi connectivity index (χ3n) is 3.68. The number of primary sulfonamides is 1. The number of hydrogen-bond acceptors (Lipinski definition) is 5. The van der Waals surface area contributed by atoms with Gasteiger partial charge in [0.15, 0.2) is 5.92 Å². The van der Waals surface area contributed by atoms with Gasteiger partial charge in [-0.25, -0.2) is 18.5 Å². The van der Waals surface area contributed by atoms with E-state index in [0.717, 1.165) is 11.1 Å². The van der Waals surface area contributed by atoms with Crippen LogP contribution in [0.2, 0.25) is 0 Å². The zero-order chi connectivity index (χ0) is 18.0. The quantitative estimate of drug-likeness (QED) is 0.720. The summed E-state index contributed by atoms with van der Waals surface area (Å²) in [7, 11) is -3.76. The minimum atomic E-state index is -3.76. The van der Waals surface area contributed by atoms with Crippen molar-refractivity contribution in [3.63, 3.8) is 0 Å². The van der Waals surface area contributed by atoms with E-state index in [2.05, 4.69) is 4.98 Å². The van der Waals surface area contributed by atoms with Crippen molar-refractivity contribution in [2.75, 3.05) is 0 Å². The number of carboxylic acid groups (broad SMARTS) is 1. The normalized spacial score (nSPS) is 12.7. The molecule has 3 N–H and O–H groups in total. The fraction of sp³-hybridized carbons (Fsp3) is 0.0588. The Labute approximate surface area is 143 Å². The van der Waals surface area contributed by atoms with Crippen LogP contribution in [0.15, 0.2) is 70.3 Å². The highest BCUT2D eigenvalue weighted by Gasteiger charge is 2.26. The smallest absolute Gasteiger partial charge is 0.320 e. The molecule has 0 aliphatic rings. The Hall–Kier alpha value is -2.97. The molecule has 25 heavy (non-hydrogen) atoms. The van der Waals surface area contributed by atoms with Crippen molar-refractivity contribution in [2.45, 2.75) is 10.8 Å². The van der Waals surface area contributed by atoms with E-state index in [1.807, 2.05) is 0 Å². The number of aliphatic carboxylic acids is 1. The number of nitrogens with zero attached hydrogens (tertiary/aromatic N) is 1. The third-order valence-corrected chi connectivity index (χ3v) is 4.61. The number of benzene rings is 2. The Bertz CT molecular complexity index is 996. The van der Waals surface area contributed by atoms with Crippen molar-refractivity contribution in [1.29, 1.82) is 0 Å². The lowest BCUT2D eigenvalue weighted by Crippen LogP contribution is -2.13. The molecule has 0 amide bonds. The zero-order valence-electron chi connectivity index (χ0n) is 12.9. The third kappa shape index (κ3) is 3.59. The standard InChI is InChI=1S/C17H14N2O5S/c18-25(22,23)14-6-4-11(5-7-14)12-2-1-3-13(10-12)15(17(20)21)16-19-8-9-24-16/h1-10,15H,(H,20,21)(H2,18,22,23). The van der Waals surface area contributed by atoms with Crippen LogP contribution in [0.25, 0.3) is 11.1 Å². The molecule has 0 aliphatic carbocycles. The monoisotopic (exact) mass is 358 g/mol. The molecule has 0 saturated heterocycles. The van der Waals surface area contributed by atoms with E-state index in [9.17, 15) is 18.3 Å². The number of carboxylic acids is 1. The van der Waals surface area contributed by atoms with Crippen LogP contribution in [0.1, 0.15) is 17.4 Å². The highest BCUT2D eigenvalue weighted by Crippen LogP contribution is 2.28. The molecule has 128 valence electrons. The summed E-state index contributed by atoms with van der Waals surface area (Å²) in [4.78, 5) is 15.6. The molecular formula is C17H14N2O5S. The van der Waals surface area contributed by atoms with Crippen LogP contribution in [-0.4, -0.2) is 24.5 Å². The number of sulfonamides is 1. The van der Waals surface area contributed by atoms with Gasteiger partial charge in [-0.05, 0) is 34.9 Å². The molecule has 8 heteroatoms. The molecule has 1 atom stereocenters. The fourth-order valence-corrected chi connectivity index (χ4v) is 3.02. The molecule has 0 fully saturated rings. The summed E-state index contributed by atoms with van der Waals surface area (Å²) < 4.78 is 27.8. The average molecular weight is 358 g/mol. The summed E-state index contributed by atoms with van der Waals surface area (Å²) in [5, 5.41) is 14.6. The Morgan fingerprint density at radius 1 is 1.12 bits per heavy atom. The largest absolute Gasteiger partial charge is 0.480 e. The van der Waals surface area contributed by atoms with Gasteiger partial charge in [0.2, 0.25) is 15.9 Å². The van der Waals surface area contributed by atoms with Crippen molar-refractivity contribution in [1.82, 2.24) is 4.98 Å². The average Bonchev–Trinajstić information content (AvgIpc) is 3.08. The maximum absolute atomic E-state index is 11.6. The van der Waals surface area contributed by atoms with Gasteiger partial charge < -0.3 is 9.52 Å². The number of carbonyl (C=O) groups is 1. The minimum absolute atomic E-state index is 0.00982. The van der Waals surface area contributed by atoms with Gasteiger partial charge in [0.05, 0.1) is 11.1 Å². The number of nitrogens with two attached hydrogens (primary N) is 1. The fourth-order valence-electron chi connectivity index (χ4n) is 2.50. The summed E-state index contributed by atoms with van der Waals surface area (Å²) >= 11 is 0. The molecule has 1 unspecified atom stereocenters. The summed E-state index contributed by atoms with van der Waals surface area (Å²) in [6.45, 7) is 0. The molecule has 3 aromatic rings. The topological polar surface area (TPSA) is 123 Å². The van der Waals surface area contributed by atoms with Gasteiger partial charge in [0.1, 0.15) is 6.26 Å². The van der Waals surface area contributed by atoms with Crippen molar-refractivity contribution in [3.8, 4) is 11.1 Å². The Morgan fingerprint density at radius 2 is 1.84 bits per heavy atom. The molecule has 0 saturated carbocycles. The minimum Gasteiger partial charge on any atom is -0.480 e. The molecule has 7 nitrogen and oxygen atoms in total. The number of hydrogen-bond donors (Lipinski definition) is 2. The number of aromatic nitrogens is 1. The SMILES string of the molecule is NS(=O)(=O)c1ccc(-c2cccc(C(C(=O)O)c3ncco3)c2)cc1. The molecule has 3 rings (SSSR count). The molecule has 0 spiro atoms. The maximum Gasteiger partial charge on any atom is 0.320 e. The Morgan fingerprint density at radius 3 is 2.40 bits per heavy atom. The van der Waals surface area contributed by atoms with Crippen molar-refractivity contribution in [3.05, 3.63) is 72.4 Å². The summed E-state index contributed by atoms with van der Waals surface area (Å²) in [6.07, 6.45) is 2.71. The van der Waals surface area contributed by atoms with E-state index in [-0.39, 0.29) is 10.8 Å². The van der Waals surface area contributed by atoms with Gasteiger partial charge in [-0.3, -0.25) is 4.79 Å². The van der Waals surface area contributed by atoms with Gasteiger partial charge in [0, 0.05) is 0 Å². The van der Waals surface area contributed by atoms with E-state index >= 15 is 0 Å². The van der Waals surface area contributed by atoms with Gasteiger partial charge in [0.25, 0.3) is 0 Å². The molecule has 0 bridgehead atoms. The second-order valence-electron chi connectivity index (χ2n) is 5.34. The summed E-state index contributed by atoms with van der Waals surface area (Å²) in [5.74, 6) is -2.02. The Balaban J connectivity index is 2.00. The second-order valence-corrected chi connectivity index (χ2v) is 6.90. The van der Waals surface area contributed by atoms with Gasteiger partial charge in [-0.2, -0.15) is 0 Å². The van der Waals surface area contributed by atoms with E-state index < -0.39 is 21.9 Å². The predicted octanol–water partition coefficient (Wildman–Crippen LogP) is 2.21. The van der Waals surface area contributed by atoms with Crippen molar-refractivity contribution >= 4 is 16.0 Å².